The summed E-state index contributed by atoms with van der Waals surface area (Å²) >= 11 is 0. The molecule has 0 atom stereocenters. The van der Waals surface area contributed by atoms with Gasteiger partial charge in [-0.25, -0.2) is 13.6 Å². The first-order valence-electron chi connectivity index (χ1n) is 7.05. The average molecular weight is 317 g/mol. The van der Waals surface area contributed by atoms with E-state index < -0.39 is 15.4 Å². The predicted octanol–water partition coefficient (Wildman–Crippen LogP) is 0.928. The predicted molar refractivity (Wildman–Crippen MR) is 78.6 cm³/mol. The van der Waals surface area contributed by atoms with Crippen LogP contribution in [0.25, 0.3) is 0 Å². The molecule has 1 aliphatic heterocycles. The number of hydrogen-bond donors (Lipinski definition) is 1. The van der Waals surface area contributed by atoms with Crippen molar-refractivity contribution in [2.45, 2.75) is 32.7 Å². The number of aromatic nitrogens is 2. The molecule has 1 saturated heterocycles. The first kappa shape index (κ1) is 16.3. The van der Waals surface area contributed by atoms with Crippen LogP contribution in [0.2, 0.25) is 0 Å². The van der Waals surface area contributed by atoms with Crippen molar-refractivity contribution in [1.29, 1.82) is 0 Å². The van der Waals surface area contributed by atoms with Gasteiger partial charge in [-0.2, -0.15) is 5.10 Å². The lowest BCUT2D eigenvalue weighted by Crippen LogP contribution is -2.42. The summed E-state index contributed by atoms with van der Waals surface area (Å²) in [6.07, 6.45) is 4.71. The minimum absolute atomic E-state index is 0.0817. The molecule has 0 radical (unpaired) electrons. The summed E-state index contributed by atoms with van der Waals surface area (Å²) in [7, 11) is -3.55. The summed E-state index contributed by atoms with van der Waals surface area (Å²) in [6, 6.07) is 0.254. The van der Waals surface area contributed by atoms with Crippen LogP contribution in [0.5, 0.6) is 5.75 Å². The molecule has 0 unspecified atom stereocenters. The number of rotatable bonds is 6. The maximum Gasteiger partial charge on any atom is 0.209 e. The van der Waals surface area contributed by atoms with Gasteiger partial charge >= 0.3 is 0 Å². The third-order valence-electron chi connectivity index (χ3n) is 3.71. The molecule has 0 bridgehead atoms. The van der Waals surface area contributed by atoms with Gasteiger partial charge in [0.15, 0.2) is 5.75 Å². The van der Waals surface area contributed by atoms with Crippen molar-refractivity contribution in [1.82, 2.24) is 9.78 Å². The molecule has 120 valence electrons. The molecule has 1 aromatic rings. The second-order valence-electron chi connectivity index (χ2n) is 5.96. The van der Waals surface area contributed by atoms with E-state index in [2.05, 4.69) is 5.10 Å². The van der Waals surface area contributed by atoms with E-state index in [-0.39, 0.29) is 11.8 Å². The summed E-state index contributed by atoms with van der Waals surface area (Å²) in [6.45, 7) is 5.42. The van der Waals surface area contributed by atoms with Crippen LogP contribution in [0.3, 0.4) is 0 Å². The van der Waals surface area contributed by atoms with E-state index in [4.69, 9.17) is 14.6 Å². The van der Waals surface area contributed by atoms with E-state index in [0.29, 0.717) is 38.4 Å². The van der Waals surface area contributed by atoms with Crippen molar-refractivity contribution < 1.29 is 17.9 Å². The number of nitrogens with two attached hydrogens (primary N) is 1. The van der Waals surface area contributed by atoms with Crippen LogP contribution in [0.1, 0.15) is 32.7 Å². The molecule has 2 N–H and O–H groups in total. The fourth-order valence-electron chi connectivity index (χ4n) is 2.48. The molecular formula is C13H23N3O4S. The molecule has 1 aliphatic rings. The third kappa shape index (κ3) is 4.69. The lowest BCUT2D eigenvalue weighted by atomic mass is 9.83. The fraction of sp³-hybridized carbons (Fsp3) is 0.769. The Labute approximate surface area is 125 Å². The smallest absolute Gasteiger partial charge is 0.209 e. The zero-order chi connectivity index (χ0) is 15.5. The standard InChI is InChI=1S/C13H23N3O4S/c1-11(2)16-8-12(7-15-16)20-9-13(10-21(14,17)18)3-5-19-6-4-13/h7-8,11H,3-6,9-10H2,1-2H3,(H2,14,17,18). The van der Waals surface area contributed by atoms with E-state index >= 15 is 0 Å². The van der Waals surface area contributed by atoms with Gasteiger partial charge in [0.05, 0.1) is 24.8 Å². The Balaban J connectivity index is 2.04. The topological polar surface area (TPSA) is 96.4 Å². The highest BCUT2D eigenvalue weighted by atomic mass is 32.2. The fourth-order valence-corrected chi connectivity index (χ4v) is 3.70. The SMILES string of the molecule is CC(C)n1cc(OCC2(CS(N)(=O)=O)CCOCC2)cn1. The first-order chi connectivity index (χ1) is 9.80. The number of nitrogens with zero attached hydrogens (tertiary/aromatic N) is 2. The van der Waals surface area contributed by atoms with E-state index in [1.54, 1.807) is 10.9 Å². The van der Waals surface area contributed by atoms with Gasteiger partial charge in [0.25, 0.3) is 0 Å². The van der Waals surface area contributed by atoms with Crippen LogP contribution >= 0.6 is 0 Å². The Bertz CT molecular complexity index is 562. The second kappa shape index (κ2) is 6.33. The van der Waals surface area contributed by atoms with Crippen molar-refractivity contribution >= 4 is 10.0 Å². The van der Waals surface area contributed by atoms with Crippen LogP contribution < -0.4 is 9.88 Å². The summed E-state index contributed by atoms with van der Waals surface area (Å²) in [5.74, 6) is 0.561. The number of ether oxygens (including phenoxy) is 2. The Morgan fingerprint density at radius 2 is 2.14 bits per heavy atom. The van der Waals surface area contributed by atoms with E-state index in [1.165, 1.54) is 0 Å². The molecule has 2 heterocycles. The Morgan fingerprint density at radius 1 is 1.48 bits per heavy atom. The van der Waals surface area contributed by atoms with Gasteiger partial charge in [-0.1, -0.05) is 0 Å². The monoisotopic (exact) mass is 317 g/mol. The number of primary sulfonamides is 1. The minimum Gasteiger partial charge on any atom is -0.490 e. The second-order valence-corrected chi connectivity index (χ2v) is 7.57. The zero-order valence-corrected chi connectivity index (χ0v) is 13.3. The van der Waals surface area contributed by atoms with Gasteiger partial charge in [0.1, 0.15) is 0 Å². The summed E-state index contributed by atoms with van der Waals surface area (Å²) < 4.78 is 35.8. The lowest BCUT2D eigenvalue weighted by molar-refractivity contribution is 0.00207. The van der Waals surface area contributed by atoms with Crippen molar-refractivity contribution in [3.05, 3.63) is 12.4 Å². The molecule has 7 nitrogen and oxygen atoms in total. The normalized spacial score (nSPS) is 18.9. The molecule has 8 heteroatoms. The third-order valence-corrected chi connectivity index (χ3v) is 4.73. The molecule has 0 aliphatic carbocycles. The Kier molecular flexibility index (Phi) is 4.90. The highest BCUT2D eigenvalue weighted by Gasteiger charge is 2.37. The van der Waals surface area contributed by atoms with E-state index in [1.807, 2.05) is 20.0 Å². The van der Waals surface area contributed by atoms with Gasteiger partial charge in [0.2, 0.25) is 10.0 Å². The Morgan fingerprint density at radius 3 is 2.67 bits per heavy atom. The molecule has 0 amide bonds. The molecule has 2 rings (SSSR count). The van der Waals surface area contributed by atoms with Gasteiger partial charge in [0, 0.05) is 24.7 Å². The van der Waals surface area contributed by atoms with E-state index in [0.717, 1.165) is 0 Å². The summed E-state index contributed by atoms with van der Waals surface area (Å²) in [4.78, 5) is 0. The molecule has 1 aromatic heterocycles. The maximum absolute atomic E-state index is 11.5. The van der Waals surface area contributed by atoms with Crippen LogP contribution in [-0.4, -0.2) is 43.8 Å². The Hall–Kier alpha value is -1.12. The van der Waals surface area contributed by atoms with Crippen molar-refractivity contribution in [3.63, 3.8) is 0 Å². The molecule has 21 heavy (non-hydrogen) atoms. The van der Waals surface area contributed by atoms with Gasteiger partial charge in [-0.3, -0.25) is 4.68 Å². The minimum atomic E-state index is -3.55. The lowest BCUT2D eigenvalue weighted by Gasteiger charge is -2.35. The van der Waals surface area contributed by atoms with Crippen molar-refractivity contribution in [3.8, 4) is 5.75 Å². The van der Waals surface area contributed by atoms with Crippen LogP contribution in [-0.2, 0) is 14.8 Å². The maximum atomic E-state index is 11.5. The van der Waals surface area contributed by atoms with Gasteiger partial charge < -0.3 is 9.47 Å². The summed E-state index contributed by atoms with van der Waals surface area (Å²) in [5.41, 5.74) is -0.480. The average Bonchev–Trinajstić information content (AvgIpc) is 2.84. The summed E-state index contributed by atoms with van der Waals surface area (Å²) in [5, 5.41) is 9.42. The first-order valence-corrected chi connectivity index (χ1v) is 8.76. The van der Waals surface area contributed by atoms with Crippen molar-refractivity contribution in [2.24, 2.45) is 10.6 Å². The quantitative estimate of drug-likeness (QED) is 0.842. The number of sulfonamides is 1. The molecule has 0 saturated carbocycles. The molecule has 0 spiro atoms. The van der Waals surface area contributed by atoms with Crippen LogP contribution in [0.15, 0.2) is 12.4 Å². The highest BCUT2D eigenvalue weighted by Crippen LogP contribution is 2.32. The van der Waals surface area contributed by atoms with Gasteiger partial charge in [-0.05, 0) is 26.7 Å². The molecule has 1 fully saturated rings. The van der Waals surface area contributed by atoms with Crippen LogP contribution in [0.4, 0.5) is 0 Å². The van der Waals surface area contributed by atoms with Gasteiger partial charge in [-0.15, -0.1) is 0 Å². The molecule has 0 aromatic carbocycles. The largest absolute Gasteiger partial charge is 0.490 e. The zero-order valence-electron chi connectivity index (χ0n) is 12.5. The van der Waals surface area contributed by atoms with E-state index in [9.17, 15) is 8.42 Å². The number of hydrogen-bond acceptors (Lipinski definition) is 5. The van der Waals surface area contributed by atoms with Crippen molar-refractivity contribution in [2.75, 3.05) is 25.6 Å². The molecular weight excluding hydrogens is 294 g/mol. The highest BCUT2D eigenvalue weighted by molar-refractivity contribution is 7.89. The van der Waals surface area contributed by atoms with Crippen LogP contribution in [0, 0.1) is 5.41 Å².